The Morgan fingerprint density at radius 3 is 2.55 bits per heavy atom. The van der Waals surface area contributed by atoms with Crippen LogP contribution in [0.25, 0.3) is 10.8 Å². The number of guanidine groups is 1. The van der Waals surface area contributed by atoms with Gasteiger partial charge in [0.05, 0.1) is 4.90 Å². The molecular weight excluding hydrogens is 506 g/mol. The molecule has 38 heavy (non-hydrogen) atoms. The Bertz CT molecular complexity index is 1230. The molecule has 0 aliphatic carbocycles. The first kappa shape index (κ1) is 29.3. The Morgan fingerprint density at radius 1 is 1.05 bits per heavy atom. The lowest BCUT2D eigenvalue weighted by molar-refractivity contribution is -0.139. The van der Waals surface area contributed by atoms with Gasteiger partial charge in [-0.1, -0.05) is 36.8 Å². The lowest BCUT2D eigenvalue weighted by atomic mass is 10.1. The Kier molecular flexibility index (Phi) is 10.9. The lowest BCUT2D eigenvalue weighted by Gasteiger charge is -2.28. The van der Waals surface area contributed by atoms with Crippen molar-refractivity contribution in [2.24, 2.45) is 22.2 Å². The lowest BCUT2D eigenvalue weighted by Crippen LogP contribution is -2.53. The molecular formula is C26H39N7O4S. The van der Waals surface area contributed by atoms with E-state index in [4.69, 9.17) is 17.2 Å². The van der Waals surface area contributed by atoms with Gasteiger partial charge in [0.25, 0.3) is 0 Å². The summed E-state index contributed by atoms with van der Waals surface area (Å²) in [7, 11) is -3.99. The number of nitrogens with one attached hydrogen (secondary N) is 2. The summed E-state index contributed by atoms with van der Waals surface area (Å²) in [6.45, 7) is 1.75. The van der Waals surface area contributed by atoms with Gasteiger partial charge in [-0.15, -0.1) is 0 Å². The van der Waals surface area contributed by atoms with Gasteiger partial charge < -0.3 is 27.4 Å². The minimum Gasteiger partial charge on any atom is -0.370 e. The Balaban J connectivity index is 1.69. The molecule has 8 N–H and O–H groups in total. The van der Waals surface area contributed by atoms with Gasteiger partial charge in [0.15, 0.2) is 5.96 Å². The highest BCUT2D eigenvalue weighted by Gasteiger charge is 2.38. The highest BCUT2D eigenvalue weighted by Crippen LogP contribution is 2.23. The number of likely N-dealkylation sites (tertiary alicyclic amines) is 1. The molecule has 0 spiro atoms. The Morgan fingerprint density at radius 2 is 1.82 bits per heavy atom. The number of nitrogens with zero attached hydrogens (tertiary/aromatic N) is 2. The second kappa shape index (κ2) is 14.1. The van der Waals surface area contributed by atoms with E-state index in [1.165, 1.54) is 11.0 Å². The zero-order chi connectivity index (χ0) is 27.5. The van der Waals surface area contributed by atoms with Crippen LogP contribution in [-0.2, 0) is 19.6 Å². The number of nitrogens with two attached hydrogens (primary N) is 3. The fourth-order valence-corrected chi connectivity index (χ4v) is 5.85. The predicted octanol–water partition coefficient (Wildman–Crippen LogP) is 0.777. The highest BCUT2D eigenvalue weighted by atomic mass is 32.2. The molecule has 0 radical (unpaired) electrons. The number of hydrogen-bond donors (Lipinski definition) is 5. The zero-order valence-corrected chi connectivity index (χ0v) is 22.5. The van der Waals surface area contributed by atoms with Crippen LogP contribution in [0.3, 0.4) is 0 Å². The van der Waals surface area contributed by atoms with Crippen molar-refractivity contribution >= 4 is 38.6 Å². The first-order chi connectivity index (χ1) is 18.2. The molecule has 1 fully saturated rings. The van der Waals surface area contributed by atoms with Crippen molar-refractivity contribution in [1.82, 2.24) is 14.9 Å². The second-order valence-corrected chi connectivity index (χ2v) is 11.2. The van der Waals surface area contributed by atoms with Crippen LogP contribution in [0.4, 0.5) is 0 Å². The van der Waals surface area contributed by atoms with E-state index in [0.29, 0.717) is 71.1 Å². The molecule has 1 saturated heterocycles. The quantitative estimate of drug-likeness (QED) is 0.132. The minimum atomic E-state index is -3.99. The number of fused-ring (bicyclic) bond motifs is 1. The molecule has 2 aromatic carbocycles. The Hall–Kier alpha value is -3.22. The number of rotatable bonds is 14. The third kappa shape index (κ3) is 8.14. The molecule has 12 heteroatoms. The van der Waals surface area contributed by atoms with Gasteiger partial charge in [-0.2, -0.15) is 4.72 Å². The first-order valence-electron chi connectivity index (χ1n) is 13.1. The fraction of sp³-hybridized carbons (Fsp3) is 0.500. The SMILES string of the molecule is NCCCC[C@H](NS(=O)(=O)c1ccc2ccccc2c1)C(=O)N1CCC[C@H]1C(=O)NCCCCN=C(N)N. The first-order valence-corrected chi connectivity index (χ1v) is 14.6. The molecule has 0 bridgehead atoms. The molecule has 2 amide bonds. The molecule has 3 rings (SSSR count). The molecule has 208 valence electrons. The average molecular weight is 546 g/mol. The van der Waals surface area contributed by atoms with Crippen LogP contribution in [0, 0.1) is 0 Å². The molecule has 1 heterocycles. The number of aliphatic imine (C=N–C) groups is 1. The molecule has 11 nitrogen and oxygen atoms in total. The fourth-order valence-electron chi connectivity index (χ4n) is 4.59. The minimum absolute atomic E-state index is 0.0337. The van der Waals surface area contributed by atoms with Gasteiger partial charge >= 0.3 is 0 Å². The molecule has 1 aliphatic rings. The second-order valence-electron chi connectivity index (χ2n) is 9.46. The summed E-state index contributed by atoms with van der Waals surface area (Å²) < 4.78 is 29.2. The maximum absolute atomic E-state index is 13.6. The van der Waals surface area contributed by atoms with Crippen molar-refractivity contribution in [1.29, 1.82) is 0 Å². The number of carbonyl (C=O) groups excluding carboxylic acids is 2. The van der Waals surface area contributed by atoms with E-state index in [2.05, 4.69) is 15.0 Å². The summed E-state index contributed by atoms with van der Waals surface area (Å²) in [5.41, 5.74) is 16.2. The van der Waals surface area contributed by atoms with Crippen molar-refractivity contribution < 1.29 is 18.0 Å². The summed E-state index contributed by atoms with van der Waals surface area (Å²) in [6, 6.07) is 10.7. The van der Waals surface area contributed by atoms with Crippen LogP contribution in [0.1, 0.15) is 44.9 Å². The van der Waals surface area contributed by atoms with Crippen LogP contribution < -0.4 is 27.2 Å². The summed E-state index contributed by atoms with van der Waals surface area (Å²) in [5, 5.41) is 4.59. The summed E-state index contributed by atoms with van der Waals surface area (Å²) in [6.07, 6.45) is 4.12. The van der Waals surface area contributed by atoms with E-state index in [0.717, 1.165) is 10.8 Å². The molecule has 2 atom stereocenters. The van der Waals surface area contributed by atoms with Crippen molar-refractivity contribution in [3.8, 4) is 0 Å². The third-order valence-electron chi connectivity index (χ3n) is 6.59. The van der Waals surface area contributed by atoms with E-state index in [9.17, 15) is 18.0 Å². The van der Waals surface area contributed by atoms with Crippen molar-refractivity contribution in [3.63, 3.8) is 0 Å². The smallest absolute Gasteiger partial charge is 0.242 e. The predicted molar refractivity (Wildman–Crippen MR) is 149 cm³/mol. The van der Waals surface area contributed by atoms with E-state index in [1.54, 1.807) is 12.1 Å². The van der Waals surface area contributed by atoms with Gasteiger partial charge in [-0.25, -0.2) is 8.42 Å². The maximum Gasteiger partial charge on any atom is 0.242 e. The van der Waals surface area contributed by atoms with Gasteiger partial charge in [-0.3, -0.25) is 14.6 Å². The number of amides is 2. The number of carbonyl (C=O) groups is 2. The average Bonchev–Trinajstić information content (AvgIpc) is 3.39. The number of hydrogen-bond acceptors (Lipinski definition) is 6. The van der Waals surface area contributed by atoms with Crippen LogP contribution in [0.2, 0.25) is 0 Å². The summed E-state index contributed by atoms with van der Waals surface area (Å²) in [4.78, 5) is 32.0. The largest absolute Gasteiger partial charge is 0.370 e. The van der Waals surface area contributed by atoms with Crippen LogP contribution >= 0.6 is 0 Å². The van der Waals surface area contributed by atoms with Crippen LogP contribution in [0.15, 0.2) is 52.4 Å². The van der Waals surface area contributed by atoms with Gasteiger partial charge in [0.1, 0.15) is 12.1 Å². The van der Waals surface area contributed by atoms with Gasteiger partial charge in [-0.05, 0) is 68.0 Å². The third-order valence-corrected chi connectivity index (χ3v) is 8.06. The summed E-state index contributed by atoms with van der Waals surface area (Å²) >= 11 is 0. The van der Waals surface area contributed by atoms with E-state index >= 15 is 0 Å². The Labute approximate surface area is 224 Å². The maximum atomic E-state index is 13.6. The monoisotopic (exact) mass is 545 g/mol. The van der Waals surface area contributed by atoms with E-state index in [-0.39, 0.29) is 16.8 Å². The van der Waals surface area contributed by atoms with Crippen molar-refractivity contribution in [2.45, 2.75) is 61.9 Å². The normalized spacial score (nSPS) is 16.3. The zero-order valence-electron chi connectivity index (χ0n) is 21.6. The van der Waals surface area contributed by atoms with E-state index in [1.807, 2.05) is 24.3 Å². The molecule has 2 aromatic rings. The molecule has 0 saturated carbocycles. The van der Waals surface area contributed by atoms with Gasteiger partial charge in [0, 0.05) is 19.6 Å². The number of benzene rings is 2. The summed E-state index contributed by atoms with van der Waals surface area (Å²) in [5.74, 6) is -0.598. The highest BCUT2D eigenvalue weighted by molar-refractivity contribution is 7.89. The van der Waals surface area contributed by atoms with Gasteiger partial charge in [0.2, 0.25) is 21.8 Å². The van der Waals surface area contributed by atoms with Crippen molar-refractivity contribution in [2.75, 3.05) is 26.2 Å². The number of sulfonamides is 1. The standard InChI is InChI=1S/C26H39N7O4S/c27-14-4-3-10-22(32-38(36,37)21-13-12-19-8-1-2-9-20(19)18-21)25(35)33-17-7-11-23(33)24(34)30-15-5-6-16-31-26(28)29/h1-2,8-9,12-13,18,22-23,32H,3-7,10-11,14-17,27H2,(H,30,34)(H4,28,29,31)/t22-,23-/m0/s1. The van der Waals surface area contributed by atoms with E-state index < -0.39 is 28.0 Å². The molecule has 0 aromatic heterocycles. The van der Waals surface area contributed by atoms with Crippen molar-refractivity contribution in [3.05, 3.63) is 42.5 Å². The van der Waals surface area contributed by atoms with Crippen LogP contribution in [0.5, 0.6) is 0 Å². The molecule has 1 aliphatic heterocycles. The van der Waals surface area contributed by atoms with Crippen LogP contribution in [-0.4, -0.2) is 69.4 Å². The molecule has 0 unspecified atom stereocenters. The topological polar surface area (TPSA) is 186 Å². The number of unbranched alkanes of at least 4 members (excludes halogenated alkanes) is 2.